The Morgan fingerprint density at radius 2 is 1.76 bits per heavy atom. The number of rotatable bonds is 6. The average molecular weight is 344 g/mol. The van der Waals surface area contributed by atoms with Crippen LogP contribution in [0.3, 0.4) is 0 Å². The Morgan fingerprint density at radius 1 is 1.08 bits per heavy atom. The Hall–Kier alpha value is -1.84. The summed E-state index contributed by atoms with van der Waals surface area (Å²) in [6.45, 7) is 8.33. The van der Waals surface area contributed by atoms with Crippen LogP contribution in [-0.4, -0.2) is 23.9 Å². The van der Waals surface area contributed by atoms with E-state index in [1.54, 1.807) is 0 Å². The molecule has 1 saturated carbocycles. The summed E-state index contributed by atoms with van der Waals surface area (Å²) >= 11 is 0. The third kappa shape index (κ3) is 6.18. The highest BCUT2D eigenvalue weighted by Crippen LogP contribution is 2.25. The van der Waals surface area contributed by atoms with Crippen molar-refractivity contribution < 1.29 is 9.59 Å². The molecule has 1 fully saturated rings. The summed E-state index contributed by atoms with van der Waals surface area (Å²) in [5, 5.41) is 6.10. The van der Waals surface area contributed by atoms with E-state index in [0.29, 0.717) is 11.5 Å². The molecule has 138 valence electrons. The number of nitrogens with one attached hydrogen (secondary N) is 2. The molecule has 2 amide bonds. The van der Waals surface area contributed by atoms with Crippen molar-refractivity contribution in [2.45, 2.75) is 71.9 Å². The fourth-order valence-electron chi connectivity index (χ4n) is 3.49. The van der Waals surface area contributed by atoms with E-state index < -0.39 is 0 Å². The van der Waals surface area contributed by atoms with E-state index in [2.05, 4.69) is 24.5 Å². The summed E-state index contributed by atoms with van der Waals surface area (Å²) in [5.74, 6) is 0.698. The second-order valence-corrected chi connectivity index (χ2v) is 7.99. The van der Waals surface area contributed by atoms with Gasteiger partial charge in [0.15, 0.2) is 0 Å². The van der Waals surface area contributed by atoms with E-state index in [1.165, 1.54) is 5.56 Å². The lowest BCUT2D eigenvalue weighted by molar-refractivity contribution is -0.126. The predicted molar refractivity (Wildman–Crippen MR) is 101 cm³/mol. The first-order valence-corrected chi connectivity index (χ1v) is 9.55. The van der Waals surface area contributed by atoms with Crippen LogP contribution in [0, 0.1) is 11.8 Å². The molecule has 2 rings (SSSR count). The van der Waals surface area contributed by atoms with Crippen LogP contribution in [0.15, 0.2) is 24.3 Å². The molecule has 1 aliphatic carbocycles. The van der Waals surface area contributed by atoms with Crippen LogP contribution in [0.5, 0.6) is 0 Å². The molecule has 1 aromatic rings. The number of benzene rings is 1. The van der Waals surface area contributed by atoms with Crippen LogP contribution < -0.4 is 10.6 Å². The van der Waals surface area contributed by atoms with Crippen LogP contribution in [-0.2, 0) is 11.2 Å². The number of hydrogen-bond acceptors (Lipinski definition) is 2. The van der Waals surface area contributed by atoms with Gasteiger partial charge in [-0.3, -0.25) is 9.59 Å². The maximum absolute atomic E-state index is 12.5. The molecular weight excluding hydrogens is 312 g/mol. The molecule has 0 saturated heterocycles. The second kappa shape index (κ2) is 9.02. The van der Waals surface area contributed by atoms with Crippen molar-refractivity contribution in [2.75, 3.05) is 0 Å². The summed E-state index contributed by atoms with van der Waals surface area (Å²) < 4.78 is 0. The van der Waals surface area contributed by atoms with Crippen molar-refractivity contribution in [2.24, 2.45) is 11.8 Å². The van der Waals surface area contributed by atoms with Gasteiger partial charge >= 0.3 is 0 Å². The molecule has 0 radical (unpaired) electrons. The Kier molecular flexibility index (Phi) is 7.03. The summed E-state index contributed by atoms with van der Waals surface area (Å²) in [4.78, 5) is 24.7. The fourth-order valence-corrected chi connectivity index (χ4v) is 3.49. The van der Waals surface area contributed by atoms with Gasteiger partial charge in [-0.05, 0) is 63.1 Å². The highest BCUT2D eigenvalue weighted by atomic mass is 16.2. The molecule has 4 heteroatoms. The molecule has 4 nitrogen and oxygen atoms in total. The van der Waals surface area contributed by atoms with Crippen LogP contribution in [0.2, 0.25) is 0 Å². The van der Waals surface area contributed by atoms with Gasteiger partial charge in [0.1, 0.15) is 0 Å². The molecule has 2 unspecified atom stereocenters. The van der Waals surface area contributed by atoms with E-state index in [4.69, 9.17) is 0 Å². The third-order valence-corrected chi connectivity index (χ3v) is 4.67. The molecule has 1 aromatic carbocycles. The Labute approximate surface area is 151 Å². The van der Waals surface area contributed by atoms with Gasteiger partial charge in [0.2, 0.25) is 5.91 Å². The maximum Gasteiger partial charge on any atom is 0.251 e. The second-order valence-electron chi connectivity index (χ2n) is 7.99. The van der Waals surface area contributed by atoms with E-state index in [1.807, 2.05) is 38.1 Å². The summed E-state index contributed by atoms with van der Waals surface area (Å²) in [5.41, 5.74) is 1.95. The lowest BCUT2D eigenvalue weighted by Crippen LogP contribution is -2.43. The van der Waals surface area contributed by atoms with Crippen LogP contribution in [0.4, 0.5) is 0 Å². The fraction of sp³-hybridized carbons (Fsp3) is 0.619. The molecule has 0 aromatic heterocycles. The molecule has 0 heterocycles. The Balaban J connectivity index is 1.90. The largest absolute Gasteiger partial charge is 0.354 e. The summed E-state index contributed by atoms with van der Waals surface area (Å²) in [7, 11) is 0. The summed E-state index contributed by atoms with van der Waals surface area (Å²) in [6.07, 6.45) is 4.60. The van der Waals surface area contributed by atoms with Gasteiger partial charge in [0.05, 0.1) is 0 Å². The molecule has 2 atom stereocenters. The minimum Gasteiger partial charge on any atom is -0.354 e. The first kappa shape index (κ1) is 19.5. The van der Waals surface area contributed by atoms with E-state index in [-0.39, 0.29) is 29.8 Å². The van der Waals surface area contributed by atoms with Crippen molar-refractivity contribution in [1.29, 1.82) is 0 Å². The Bertz CT molecular complexity index is 578. The van der Waals surface area contributed by atoms with Gasteiger partial charge in [-0.2, -0.15) is 0 Å². The van der Waals surface area contributed by atoms with Crippen LogP contribution in [0.25, 0.3) is 0 Å². The Morgan fingerprint density at radius 3 is 2.36 bits per heavy atom. The minimum atomic E-state index is -0.0361. The smallest absolute Gasteiger partial charge is 0.251 e. The van der Waals surface area contributed by atoms with Crippen molar-refractivity contribution in [3.8, 4) is 0 Å². The average Bonchev–Trinajstić information content (AvgIpc) is 2.54. The normalized spacial score (nSPS) is 20.6. The SMILES string of the molecule is CC(C)Cc1ccc(C(=O)NC2CCCC(C(=O)NC(C)C)C2)cc1. The van der Waals surface area contributed by atoms with Gasteiger partial charge in [0.25, 0.3) is 5.91 Å². The predicted octanol–water partition coefficient (Wildman–Crippen LogP) is 3.70. The highest BCUT2D eigenvalue weighted by Gasteiger charge is 2.28. The zero-order valence-corrected chi connectivity index (χ0v) is 16.0. The molecular formula is C21H32N2O2. The van der Waals surface area contributed by atoms with Gasteiger partial charge in [-0.25, -0.2) is 0 Å². The van der Waals surface area contributed by atoms with Gasteiger partial charge in [0, 0.05) is 23.6 Å². The lowest BCUT2D eigenvalue weighted by Gasteiger charge is -2.29. The zero-order valence-electron chi connectivity index (χ0n) is 16.0. The topological polar surface area (TPSA) is 58.2 Å². The quantitative estimate of drug-likeness (QED) is 0.827. The first-order chi connectivity index (χ1) is 11.8. The highest BCUT2D eigenvalue weighted by molar-refractivity contribution is 5.94. The lowest BCUT2D eigenvalue weighted by atomic mass is 9.85. The van der Waals surface area contributed by atoms with Crippen molar-refractivity contribution >= 4 is 11.8 Å². The third-order valence-electron chi connectivity index (χ3n) is 4.67. The molecule has 0 bridgehead atoms. The minimum absolute atomic E-state index is 0.00914. The van der Waals surface area contributed by atoms with E-state index >= 15 is 0 Å². The van der Waals surface area contributed by atoms with Crippen LogP contribution in [0.1, 0.15) is 69.3 Å². The monoisotopic (exact) mass is 344 g/mol. The zero-order chi connectivity index (χ0) is 18.4. The number of carbonyl (C=O) groups excluding carboxylic acids is 2. The van der Waals surface area contributed by atoms with E-state index in [9.17, 15) is 9.59 Å². The first-order valence-electron chi connectivity index (χ1n) is 9.55. The molecule has 0 aliphatic heterocycles. The number of hydrogen-bond donors (Lipinski definition) is 2. The van der Waals surface area contributed by atoms with Gasteiger partial charge < -0.3 is 10.6 Å². The molecule has 0 spiro atoms. The maximum atomic E-state index is 12.5. The van der Waals surface area contributed by atoms with Crippen molar-refractivity contribution in [3.63, 3.8) is 0 Å². The van der Waals surface area contributed by atoms with Gasteiger partial charge in [-0.1, -0.05) is 32.4 Å². The number of amides is 2. The van der Waals surface area contributed by atoms with Crippen molar-refractivity contribution in [1.82, 2.24) is 10.6 Å². The standard InChI is InChI=1S/C21H32N2O2/c1-14(2)12-16-8-10-17(11-9-16)20(24)23-19-7-5-6-18(13-19)21(25)22-15(3)4/h8-11,14-15,18-19H,5-7,12-13H2,1-4H3,(H,22,25)(H,23,24). The number of carbonyl (C=O) groups is 2. The summed E-state index contributed by atoms with van der Waals surface area (Å²) in [6, 6.07) is 8.12. The molecule has 2 N–H and O–H groups in total. The van der Waals surface area contributed by atoms with E-state index in [0.717, 1.165) is 32.1 Å². The molecule has 1 aliphatic rings. The molecule has 25 heavy (non-hydrogen) atoms. The van der Waals surface area contributed by atoms with Crippen molar-refractivity contribution in [3.05, 3.63) is 35.4 Å². The van der Waals surface area contributed by atoms with Gasteiger partial charge in [-0.15, -0.1) is 0 Å². The van der Waals surface area contributed by atoms with Crippen LogP contribution >= 0.6 is 0 Å².